The summed E-state index contributed by atoms with van der Waals surface area (Å²) in [5, 5.41) is 2.73. The highest BCUT2D eigenvalue weighted by Crippen LogP contribution is 2.23. The normalized spacial score (nSPS) is 17.6. The van der Waals surface area contributed by atoms with Gasteiger partial charge in [-0.3, -0.25) is 4.79 Å². The quantitative estimate of drug-likeness (QED) is 0.520. The molecule has 1 N–H and O–H groups in total. The van der Waals surface area contributed by atoms with Crippen LogP contribution >= 0.6 is 0 Å². The third-order valence-electron chi connectivity index (χ3n) is 6.00. The van der Waals surface area contributed by atoms with Crippen LogP contribution in [0.3, 0.4) is 0 Å². The molecule has 0 saturated carbocycles. The average molecular weight is 508 g/mol. The molecule has 2 aliphatic rings. The average Bonchev–Trinajstić information content (AvgIpc) is 3.57. The summed E-state index contributed by atoms with van der Waals surface area (Å²) < 4.78 is 58.8. The van der Waals surface area contributed by atoms with E-state index in [1.54, 1.807) is 12.1 Å². The monoisotopic (exact) mass is 507 g/mol. The molecule has 0 aromatic heterocycles. The highest BCUT2D eigenvalue weighted by molar-refractivity contribution is 7.89. The van der Waals surface area contributed by atoms with Crippen molar-refractivity contribution in [3.05, 3.63) is 54.1 Å². The van der Waals surface area contributed by atoms with Crippen molar-refractivity contribution in [3.63, 3.8) is 0 Å². The lowest BCUT2D eigenvalue weighted by Gasteiger charge is -2.16. The molecular weight excluding hydrogens is 478 g/mol. The van der Waals surface area contributed by atoms with Crippen LogP contribution in [0.15, 0.2) is 58.3 Å². The summed E-state index contributed by atoms with van der Waals surface area (Å²) in [6, 6.07) is 12.2. The highest BCUT2D eigenvalue weighted by atomic mass is 32.2. The molecule has 9 nitrogen and oxygen atoms in total. The minimum Gasteiger partial charge on any atom is -0.492 e. The van der Waals surface area contributed by atoms with E-state index in [1.165, 1.54) is 45.0 Å². The van der Waals surface area contributed by atoms with Crippen LogP contribution in [0.1, 0.15) is 36.0 Å². The van der Waals surface area contributed by atoms with Crippen molar-refractivity contribution < 1.29 is 26.4 Å². The number of nitrogens with one attached hydrogen (secondary N) is 1. The lowest BCUT2D eigenvalue weighted by molar-refractivity contribution is 0.0947. The van der Waals surface area contributed by atoms with E-state index in [9.17, 15) is 21.6 Å². The van der Waals surface area contributed by atoms with Crippen molar-refractivity contribution >= 4 is 26.0 Å². The second-order valence-corrected chi connectivity index (χ2v) is 12.2. The fourth-order valence-electron chi connectivity index (χ4n) is 4.08. The Hall–Kier alpha value is -2.47. The van der Waals surface area contributed by atoms with Crippen molar-refractivity contribution in [3.8, 4) is 5.75 Å². The number of amides is 1. The minimum absolute atomic E-state index is 0.185. The Morgan fingerprint density at radius 2 is 1.18 bits per heavy atom. The maximum atomic E-state index is 12.6. The SMILES string of the molecule is O=C(NCCOc1ccc(S(=O)(=O)N2CCCC2)cc1)c1ccc(S(=O)(=O)N2CCCC2)cc1. The van der Waals surface area contributed by atoms with Gasteiger partial charge in [-0.15, -0.1) is 0 Å². The van der Waals surface area contributed by atoms with Crippen LogP contribution in [-0.4, -0.2) is 70.7 Å². The van der Waals surface area contributed by atoms with E-state index >= 15 is 0 Å². The molecule has 0 spiro atoms. The molecule has 0 aliphatic carbocycles. The van der Waals surface area contributed by atoms with Gasteiger partial charge in [0.15, 0.2) is 0 Å². The fourth-order valence-corrected chi connectivity index (χ4v) is 7.11. The summed E-state index contributed by atoms with van der Waals surface area (Å²) in [6.07, 6.45) is 3.50. The molecule has 2 aromatic rings. The number of carbonyl (C=O) groups excluding carboxylic acids is 1. The second kappa shape index (κ2) is 10.4. The third kappa shape index (κ3) is 5.43. The third-order valence-corrected chi connectivity index (χ3v) is 9.83. The molecule has 2 fully saturated rings. The molecule has 1 amide bonds. The van der Waals surface area contributed by atoms with E-state index in [4.69, 9.17) is 4.74 Å². The molecule has 4 rings (SSSR count). The van der Waals surface area contributed by atoms with Crippen LogP contribution in [0.2, 0.25) is 0 Å². The first kappa shape index (κ1) is 24.6. The van der Waals surface area contributed by atoms with Gasteiger partial charge in [0, 0.05) is 31.7 Å². The van der Waals surface area contributed by atoms with E-state index in [-0.39, 0.29) is 28.8 Å². The van der Waals surface area contributed by atoms with Gasteiger partial charge in [0.2, 0.25) is 20.0 Å². The minimum atomic E-state index is -3.51. The summed E-state index contributed by atoms with van der Waals surface area (Å²) >= 11 is 0. The van der Waals surface area contributed by atoms with E-state index in [0.29, 0.717) is 37.5 Å². The first-order chi connectivity index (χ1) is 16.3. The molecule has 184 valence electrons. The number of sulfonamides is 2. The number of hydrogen-bond acceptors (Lipinski definition) is 6. The standard InChI is InChI=1S/C23H29N3O6S2/c27-23(19-5-9-21(10-6-19)33(28,29)25-14-1-2-15-25)24-13-18-32-20-7-11-22(12-8-20)34(30,31)26-16-3-4-17-26/h5-12H,1-4,13-18H2,(H,24,27). The van der Waals surface area contributed by atoms with Gasteiger partial charge in [0.1, 0.15) is 12.4 Å². The first-order valence-electron chi connectivity index (χ1n) is 11.4. The Morgan fingerprint density at radius 3 is 1.65 bits per heavy atom. The van der Waals surface area contributed by atoms with Gasteiger partial charge >= 0.3 is 0 Å². The molecule has 2 heterocycles. The summed E-state index contributed by atoms with van der Waals surface area (Å²) in [5.41, 5.74) is 0.358. The van der Waals surface area contributed by atoms with Crippen LogP contribution < -0.4 is 10.1 Å². The molecule has 0 atom stereocenters. The van der Waals surface area contributed by atoms with Crippen LogP contribution in [0.4, 0.5) is 0 Å². The zero-order valence-corrected chi connectivity index (χ0v) is 20.5. The summed E-state index contributed by atoms with van der Waals surface area (Å²) in [7, 11) is -6.97. The number of rotatable bonds is 9. The number of carbonyl (C=O) groups is 1. The van der Waals surface area contributed by atoms with Crippen LogP contribution in [-0.2, 0) is 20.0 Å². The van der Waals surface area contributed by atoms with Gasteiger partial charge in [-0.25, -0.2) is 16.8 Å². The molecule has 0 radical (unpaired) electrons. The molecule has 11 heteroatoms. The maximum Gasteiger partial charge on any atom is 0.251 e. The lowest BCUT2D eigenvalue weighted by atomic mass is 10.2. The Balaban J connectivity index is 1.25. The zero-order valence-electron chi connectivity index (χ0n) is 18.9. The molecular formula is C23H29N3O6S2. The molecule has 0 bridgehead atoms. The number of ether oxygens (including phenoxy) is 1. The maximum absolute atomic E-state index is 12.6. The predicted molar refractivity (Wildman–Crippen MR) is 127 cm³/mol. The van der Waals surface area contributed by atoms with Crippen LogP contribution in [0, 0.1) is 0 Å². The fraction of sp³-hybridized carbons (Fsp3) is 0.435. The van der Waals surface area contributed by atoms with Crippen molar-refractivity contribution in [2.75, 3.05) is 39.3 Å². The van der Waals surface area contributed by atoms with Gasteiger partial charge in [0.05, 0.1) is 16.3 Å². The number of nitrogens with zero attached hydrogens (tertiary/aromatic N) is 2. The molecule has 34 heavy (non-hydrogen) atoms. The Kier molecular flexibility index (Phi) is 7.56. The van der Waals surface area contributed by atoms with Gasteiger partial charge in [-0.05, 0) is 74.2 Å². The molecule has 2 aromatic carbocycles. The van der Waals surface area contributed by atoms with Crippen molar-refractivity contribution in [2.24, 2.45) is 0 Å². The summed E-state index contributed by atoms with van der Waals surface area (Å²) in [4.78, 5) is 12.8. The van der Waals surface area contributed by atoms with Gasteiger partial charge in [-0.1, -0.05) is 0 Å². The lowest BCUT2D eigenvalue weighted by Crippen LogP contribution is -2.29. The number of hydrogen-bond donors (Lipinski definition) is 1. The molecule has 2 saturated heterocycles. The predicted octanol–water partition coefficient (Wildman–Crippen LogP) is 2.06. The molecule has 2 aliphatic heterocycles. The van der Waals surface area contributed by atoms with Crippen molar-refractivity contribution in [1.82, 2.24) is 13.9 Å². The Morgan fingerprint density at radius 1 is 0.735 bits per heavy atom. The van der Waals surface area contributed by atoms with Crippen LogP contribution in [0.5, 0.6) is 5.75 Å². The summed E-state index contributed by atoms with van der Waals surface area (Å²) in [6.45, 7) is 2.60. The highest BCUT2D eigenvalue weighted by Gasteiger charge is 2.28. The smallest absolute Gasteiger partial charge is 0.251 e. The Bertz CT molecular complexity index is 1200. The van der Waals surface area contributed by atoms with Crippen molar-refractivity contribution in [2.45, 2.75) is 35.5 Å². The van der Waals surface area contributed by atoms with E-state index in [0.717, 1.165) is 25.7 Å². The van der Waals surface area contributed by atoms with Crippen molar-refractivity contribution in [1.29, 1.82) is 0 Å². The van der Waals surface area contributed by atoms with E-state index in [2.05, 4.69) is 5.32 Å². The summed E-state index contributed by atoms with van der Waals surface area (Å²) in [5.74, 6) is 0.173. The first-order valence-corrected chi connectivity index (χ1v) is 14.3. The van der Waals surface area contributed by atoms with Gasteiger partial charge in [-0.2, -0.15) is 8.61 Å². The van der Waals surface area contributed by atoms with Crippen LogP contribution in [0.25, 0.3) is 0 Å². The largest absolute Gasteiger partial charge is 0.492 e. The topological polar surface area (TPSA) is 113 Å². The second-order valence-electron chi connectivity index (χ2n) is 8.32. The van der Waals surface area contributed by atoms with E-state index < -0.39 is 20.0 Å². The zero-order chi connectivity index (χ0) is 24.2. The Labute approximate surface area is 200 Å². The molecule has 0 unspecified atom stereocenters. The van der Waals surface area contributed by atoms with E-state index in [1.807, 2.05) is 0 Å². The van der Waals surface area contributed by atoms with Gasteiger partial charge in [0.25, 0.3) is 5.91 Å². The van der Waals surface area contributed by atoms with Gasteiger partial charge < -0.3 is 10.1 Å². The number of benzene rings is 2.